The Morgan fingerprint density at radius 2 is 2.00 bits per heavy atom. The first-order valence-corrected chi connectivity index (χ1v) is 7.58. The Morgan fingerprint density at radius 1 is 1.29 bits per heavy atom. The Balaban J connectivity index is 1.64. The Hall–Kier alpha value is -1.59. The molecule has 1 aromatic carbocycles. The lowest BCUT2D eigenvalue weighted by atomic mass is 10.0. The van der Waals surface area contributed by atoms with Crippen molar-refractivity contribution in [2.45, 2.75) is 18.9 Å². The maximum atomic E-state index is 11.6. The summed E-state index contributed by atoms with van der Waals surface area (Å²) in [5.41, 5.74) is 1.29. The lowest BCUT2D eigenvalue weighted by Crippen LogP contribution is -2.46. The first-order chi connectivity index (χ1) is 10.3. The van der Waals surface area contributed by atoms with Crippen molar-refractivity contribution in [3.63, 3.8) is 0 Å². The third-order valence-electron chi connectivity index (χ3n) is 3.80. The molecule has 0 spiro atoms. The van der Waals surface area contributed by atoms with Gasteiger partial charge in [-0.15, -0.1) is 0 Å². The van der Waals surface area contributed by atoms with E-state index in [1.54, 1.807) is 7.11 Å². The van der Waals surface area contributed by atoms with Gasteiger partial charge >= 0.3 is 0 Å². The lowest BCUT2D eigenvalue weighted by molar-refractivity contribution is -0.120. The van der Waals surface area contributed by atoms with Crippen LogP contribution in [0.3, 0.4) is 0 Å². The van der Waals surface area contributed by atoms with E-state index < -0.39 is 0 Å². The zero-order valence-electron chi connectivity index (χ0n) is 12.7. The standard InChI is InChI=1S/C16H25N3O2/c1-21-12-9-17-16(20)13-18-14-7-10-19(11-8-14)15-5-3-2-4-6-15/h2-6,14,18H,7-13H2,1H3,(H,17,20). The van der Waals surface area contributed by atoms with E-state index in [4.69, 9.17) is 4.74 Å². The van der Waals surface area contributed by atoms with Gasteiger partial charge in [-0.05, 0) is 25.0 Å². The second-order valence-electron chi connectivity index (χ2n) is 5.32. The maximum absolute atomic E-state index is 11.6. The minimum Gasteiger partial charge on any atom is -0.383 e. The average molecular weight is 291 g/mol. The number of hydrogen-bond acceptors (Lipinski definition) is 4. The van der Waals surface area contributed by atoms with E-state index in [9.17, 15) is 4.79 Å². The van der Waals surface area contributed by atoms with Crippen molar-refractivity contribution in [2.24, 2.45) is 0 Å². The highest BCUT2D eigenvalue weighted by Crippen LogP contribution is 2.19. The van der Waals surface area contributed by atoms with Gasteiger partial charge in [-0.3, -0.25) is 4.79 Å². The minimum absolute atomic E-state index is 0.0394. The summed E-state index contributed by atoms with van der Waals surface area (Å²) in [5.74, 6) is 0.0394. The van der Waals surface area contributed by atoms with E-state index in [2.05, 4.69) is 39.8 Å². The Morgan fingerprint density at radius 3 is 2.67 bits per heavy atom. The molecule has 2 rings (SSSR count). The number of para-hydroxylation sites is 1. The third-order valence-corrected chi connectivity index (χ3v) is 3.80. The largest absolute Gasteiger partial charge is 0.383 e. The fraction of sp³-hybridized carbons (Fsp3) is 0.562. The van der Waals surface area contributed by atoms with Crippen LogP contribution in [0.25, 0.3) is 0 Å². The summed E-state index contributed by atoms with van der Waals surface area (Å²) in [6, 6.07) is 10.9. The van der Waals surface area contributed by atoms with Crippen LogP contribution in [0.1, 0.15) is 12.8 Å². The molecule has 1 fully saturated rings. The smallest absolute Gasteiger partial charge is 0.234 e. The number of rotatable bonds is 7. The number of carbonyl (C=O) groups is 1. The summed E-state index contributed by atoms with van der Waals surface area (Å²) >= 11 is 0. The molecule has 0 unspecified atom stereocenters. The van der Waals surface area contributed by atoms with Gasteiger partial charge in [0.05, 0.1) is 13.2 Å². The number of anilines is 1. The van der Waals surface area contributed by atoms with E-state index in [0.29, 0.717) is 25.7 Å². The first-order valence-electron chi connectivity index (χ1n) is 7.58. The molecular weight excluding hydrogens is 266 g/mol. The van der Waals surface area contributed by atoms with E-state index in [1.165, 1.54) is 5.69 Å². The number of benzene rings is 1. The number of hydrogen-bond donors (Lipinski definition) is 2. The second kappa shape index (κ2) is 8.64. The Kier molecular flexibility index (Phi) is 6.50. The highest BCUT2D eigenvalue weighted by atomic mass is 16.5. The summed E-state index contributed by atoms with van der Waals surface area (Å²) in [4.78, 5) is 14.0. The summed E-state index contributed by atoms with van der Waals surface area (Å²) in [6.45, 7) is 3.59. The number of amides is 1. The normalized spacial score (nSPS) is 16.0. The molecular formula is C16H25N3O2. The summed E-state index contributed by atoms with van der Waals surface area (Å²) in [5, 5.41) is 6.16. The van der Waals surface area contributed by atoms with Crippen LogP contribution in [-0.2, 0) is 9.53 Å². The number of piperidine rings is 1. The molecule has 0 atom stereocenters. The molecule has 116 valence electrons. The molecule has 21 heavy (non-hydrogen) atoms. The number of ether oxygens (including phenoxy) is 1. The second-order valence-corrected chi connectivity index (χ2v) is 5.32. The van der Waals surface area contributed by atoms with Gasteiger partial charge in [-0.2, -0.15) is 0 Å². The van der Waals surface area contributed by atoms with E-state index in [0.717, 1.165) is 25.9 Å². The molecule has 2 N–H and O–H groups in total. The molecule has 5 heteroatoms. The minimum atomic E-state index is 0.0394. The monoisotopic (exact) mass is 291 g/mol. The van der Waals surface area contributed by atoms with Gasteiger partial charge in [-0.25, -0.2) is 0 Å². The van der Waals surface area contributed by atoms with E-state index >= 15 is 0 Å². The van der Waals surface area contributed by atoms with Crippen molar-refractivity contribution < 1.29 is 9.53 Å². The predicted octanol–water partition coefficient (Wildman–Crippen LogP) is 1.01. The Labute approximate surface area is 126 Å². The zero-order valence-corrected chi connectivity index (χ0v) is 12.7. The highest BCUT2D eigenvalue weighted by molar-refractivity contribution is 5.77. The van der Waals surface area contributed by atoms with Crippen molar-refractivity contribution in [3.8, 4) is 0 Å². The molecule has 0 aliphatic carbocycles. The van der Waals surface area contributed by atoms with Crippen LogP contribution in [0.15, 0.2) is 30.3 Å². The van der Waals surface area contributed by atoms with Crippen LogP contribution in [-0.4, -0.2) is 51.8 Å². The van der Waals surface area contributed by atoms with Gasteiger partial charge in [0.2, 0.25) is 5.91 Å². The summed E-state index contributed by atoms with van der Waals surface area (Å²) < 4.78 is 4.90. The fourth-order valence-electron chi connectivity index (χ4n) is 2.57. The molecule has 0 bridgehead atoms. The molecule has 5 nitrogen and oxygen atoms in total. The van der Waals surface area contributed by atoms with Crippen molar-refractivity contribution in [1.29, 1.82) is 0 Å². The topological polar surface area (TPSA) is 53.6 Å². The predicted molar refractivity (Wildman–Crippen MR) is 84.6 cm³/mol. The van der Waals surface area contributed by atoms with E-state index in [-0.39, 0.29) is 5.91 Å². The third kappa shape index (κ3) is 5.36. The van der Waals surface area contributed by atoms with E-state index in [1.807, 2.05) is 6.07 Å². The molecule has 0 saturated carbocycles. The number of methoxy groups -OCH3 is 1. The first kappa shape index (κ1) is 15.8. The molecule has 1 aliphatic rings. The zero-order chi connectivity index (χ0) is 14.9. The molecule has 1 heterocycles. The Bertz CT molecular complexity index is 417. The van der Waals surface area contributed by atoms with Crippen LogP contribution in [0, 0.1) is 0 Å². The summed E-state index contributed by atoms with van der Waals surface area (Å²) in [7, 11) is 1.63. The SMILES string of the molecule is COCCNC(=O)CNC1CCN(c2ccccc2)CC1. The number of carbonyl (C=O) groups excluding carboxylic acids is 1. The van der Waals surface area contributed by atoms with Gasteiger partial charge in [0.15, 0.2) is 0 Å². The number of nitrogens with one attached hydrogen (secondary N) is 2. The van der Waals surface area contributed by atoms with Crippen LogP contribution in [0.2, 0.25) is 0 Å². The van der Waals surface area contributed by atoms with Crippen molar-refractivity contribution >= 4 is 11.6 Å². The van der Waals surface area contributed by atoms with Gasteiger partial charge in [0.1, 0.15) is 0 Å². The van der Waals surface area contributed by atoms with Crippen molar-refractivity contribution in [2.75, 3.05) is 44.8 Å². The van der Waals surface area contributed by atoms with Crippen LogP contribution < -0.4 is 15.5 Å². The van der Waals surface area contributed by atoms with Gasteiger partial charge < -0.3 is 20.3 Å². The van der Waals surface area contributed by atoms with Crippen LogP contribution >= 0.6 is 0 Å². The molecule has 1 saturated heterocycles. The van der Waals surface area contributed by atoms with Crippen molar-refractivity contribution in [3.05, 3.63) is 30.3 Å². The average Bonchev–Trinajstić information content (AvgIpc) is 2.54. The van der Waals surface area contributed by atoms with Gasteiger partial charge in [0, 0.05) is 38.5 Å². The molecule has 0 aromatic heterocycles. The molecule has 0 radical (unpaired) electrons. The highest BCUT2D eigenvalue weighted by Gasteiger charge is 2.19. The van der Waals surface area contributed by atoms with Crippen molar-refractivity contribution in [1.82, 2.24) is 10.6 Å². The van der Waals surface area contributed by atoms with Crippen LogP contribution in [0.5, 0.6) is 0 Å². The quantitative estimate of drug-likeness (QED) is 0.736. The molecule has 1 aliphatic heterocycles. The van der Waals surface area contributed by atoms with Gasteiger partial charge in [0.25, 0.3) is 0 Å². The van der Waals surface area contributed by atoms with Gasteiger partial charge in [-0.1, -0.05) is 18.2 Å². The van der Waals surface area contributed by atoms with Crippen LogP contribution in [0.4, 0.5) is 5.69 Å². The summed E-state index contributed by atoms with van der Waals surface area (Å²) in [6.07, 6.45) is 2.14. The maximum Gasteiger partial charge on any atom is 0.234 e. The molecule has 1 amide bonds. The molecule has 1 aromatic rings. The lowest BCUT2D eigenvalue weighted by Gasteiger charge is -2.34. The number of nitrogens with zero attached hydrogens (tertiary/aromatic N) is 1. The fourth-order valence-corrected chi connectivity index (χ4v) is 2.57.